The maximum atomic E-state index is 12.4. The third-order valence-electron chi connectivity index (χ3n) is 4.81. The van der Waals surface area contributed by atoms with Gasteiger partial charge in [0.15, 0.2) is 0 Å². The monoisotopic (exact) mass is 409 g/mol. The summed E-state index contributed by atoms with van der Waals surface area (Å²) in [6.45, 7) is 6.36. The largest absolute Gasteiger partial charge is 0.379 e. The van der Waals surface area contributed by atoms with Crippen molar-refractivity contribution in [3.05, 3.63) is 22.4 Å². The number of rotatable bonds is 6. The quantitative estimate of drug-likeness (QED) is 0.661. The molecule has 3 heterocycles. The van der Waals surface area contributed by atoms with Crippen molar-refractivity contribution < 1.29 is 19.1 Å². The molecule has 0 aliphatic carbocycles. The Bertz CT molecular complexity index is 655. The van der Waals surface area contributed by atoms with Crippen molar-refractivity contribution in [1.29, 1.82) is 0 Å². The van der Waals surface area contributed by atoms with Gasteiger partial charge in [-0.3, -0.25) is 24.7 Å². The van der Waals surface area contributed by atoms with Crippen LogP contribution in [0.3, 0.4) is 0 Å². The van der Waals surface area contributed by atoms with Gasteiger partial charge in [0.25, 0.3) is 0 Å². The number of hydrogen-bond acceptors (Lipinski definition) is 7. The topological polar surface area (TPSA) is 94.2 Å². The van der Waals surface area contributed by atoms with E-state index < -0.39 is 6.03 Å². The molecule has 154 valence electrons. The van der Waals surface area contributed by atoms with E-state index >= 15 is 0 Å². The number of piperazine rings is 1. The van der Waals surface area contributed by atoms with Gasteiger partial charge in [-0.1, -0.05) is 6.07 Å². The molecule has 0 saturated carbocycles. The zero-order chi connectivity index (χ0) is 19.8. The van der Waals surface area contributed by atoms with Gasteiger partial charge >= 0.3 is 6.03 Å². The third kappa shape index (κ3) is 6.55. The molecule has 0 bridgehead atoms. The number of ether oxygens (including phenoxy) is 1. The molecule has 2 aliphatic heterocycles. The molecule has 3 rings (SSSR count). The zero-order valence-electron chi connectivity index (χ0n) is 15.9. The number of amides is 4. The van der Waals surface area contributed by atoms with E-state index in [1.54, 1.807) is 11.3 Å². The number of carbonyl (C=O) groups is 3. The van der Waals surface area contributed by atoms with Crippen molar-refractivity contribution in [1.82, 2.24) is 25.3 Å². The highest BCUT2D eigenvalue weighted by atomic mass is 32.1. The Hall–Kier alpha value is -2.01. The fraction of sp³-hybridized carbons (Fsp3) is 0.611. The average molecular weight is 410 g/mol. The molecule has 0 unspecified atom stereocenters. The Morgan fingerprint density at radius 1 is 1.00 bits per heavy atom. The fourth-order valence-corrected chi connectivity index (χ4v) is 3.84. The predicted octanol–water partition coefficient (Wildman–Crippen LogP) is -0.450. The minimum absolute atomic E-state index is 0.124. The van der Waals surface area contributed by atoms with Gasteiger partial charge in [-0.25, -0.2) is 4.79 Å². The highest BCUT2D eigenvalue weighted by molar-refractivity contribution is 7.09. The van der Waals surface area contributed by atoms with Crippen LogP contribution in [-0.2, 0) is 20.9 Å². The normalized spacial score (nSPS) is 18.6. The van der Waals surface area contributed by atoms with Gasteiger partial charge in [-0.15, -0.1) is 11.3 Å². The first-order valence-corrected chi connectivity index (χ1v) is 10.4. The SMILES string of the molecule is O=C(CN1CCN(C(=O)CN2CCOCC2)CC1)NC(=O)NCc1cccs1. The maximum Gasteiger partial charge on any atom is 0.321 e. The van der Waals surface area contributed by atoms with Crippen molar-refractivity contribution in [3.63, 3.8) is 0 Å². The van der Waals surface area contributed by atoms with Crippen LogP contribution in [0.2, 0.25) is 0 Å². The lowest BCUT2D eigenvalue weighted by Gasteiger charge is -2.36. The summed E-state index contributed by atoms with van der Waals surface area (Å²) < 4.78 is 5.30. The molecule has 1 aromatic rings. The smallest absolute Gasteiger partial charge is 0.321 e. The molecule has 2 fully saturated rings. The highest BCUT2D eigenvalue weighted by Crippen LogP contribution is 2.07. The van der Waals surface area contributed by atoms with E-state index in [9.17, 15) is 14.4 Å². The number of morpholine rings is 1. The van der Waals surface area contributed by atoms with E-state index in [0.29, 0.717) is 52.5 Å². The van der Waals surface area contributed by atoms with Crippen molar-refractivity contribution in [2.45, 2.75) is 6.54 Å². The van der Waals surface area contributed by atoms with E-state index in [4.69, 9.17) is 4.74 Å². The lowest BCUT2D eigenvalue weighted by molar-refractivity contribution is -0.135. The Kier molecular flexibility index (Phi) is 7.78. The number of nitrogens with zero attached hydrogens (tertiary/aromatic N) is 3. The number of hydrogen-bond donors (Lipinski definition) is 2. The van der Waals surface area contributed by atoms with Crippen molar-refractivity contribution >= 4 is 29.2 Å². The summed E-state index contributed by atoms with van der Waals surface area (Å²) in [5, 5.41) is 6.96. The molecule has 10 heteroatoms. The van der Waals surface area contributed by atoms with Crippen LogP contribution in [0.25, 0.3) is 0 Å². The van der Waals surface area contributed by atoms with Crippen LogP contribution in [0.4, 0.5) is 4.79 Å². The Labute approximate surface area is 168 Å². The standard InChI is InChI=1S/C18H27N5O4S/c24-16(20-18(26)19-12-15-2-1-11-28-15)13-21-3-5-23(6-4-21)17(25)14-22-7-9-27-10-8-22/h1-2,11H,3-10,12-14H2,(H2,19,20,24,26). The zero-order valence-corrected chi connectivity index (χ0v) is 16.7. The first-order chi connectivity index (χ1) is 13.6. The fourth-order valence-electron chi connectivity index (χ4n) is 3.20. The van der Waals surface area contributed by atoms with Crippen LogP contribution >= 0.6 is 11.3 Å². The molecule has 0 radical (unpaired) electrons. The van der Waals surface area contributed by atoms with Gasteiger partial charge in [0.2, 0.25) is 11.8 Å². The Morgan fingerprint density at radius 3 is 2.39 bits per heavy atom. The number of urea groups is 1. The molecule has 1 aromatic heterocycles. The Balaban J connectivity index is 1.31. The molecule has 0 atom stereocenters. The summed E-state index contributed by atoms with van der Waals surface area (Å²) in [4.78, 5) is 43.2. The van der Waals surface area contributed by atoms with Crippen LogP contribution in [0.1, 0.15) is 4.88 Å². The van der Waals surface area contributed by atoms with Gasteiger partial charge in [0.1, 0.15) is 0 Å². The first-order valence-electron chi connectivity index (χ1n) is 9.50. The van der Waals surface area contributed by atoms with Crippen LogP contribution in [0, 0.1) is 0 Å². The van der Waals surface area contributed by atoms with Crippen LogP contribution < -0.4 is 10.6 Å². The lowest BCUT2D eigenvalue weighted by atomic mass is 10.3. The molecule has 0 spiro atoms. The molecule has 28 heavy (non-hydrogen) atoms. The number of nitrogens with one attached hydrogen (secondary N) is 2. The van der Waals surface area contributed by atoms with E-state index in [1.165, 1.54) is 0 Å². The van der Waals surface area contributed by atoms with Crippen LogP contribution in [0.15, 0.2) is 17.5 Å². The molecular weight excluding hydrogens is 382 g/mol. The summed E-state index contributed by atoms with van der Waals surface area (Å²) in [5.41, 5.74) is 0. The van der Waals surface area contributed by atoms with Crippen molar-refractivity contribution in [2.24, 2.45) is 0 Å². The summed E-state index contributed by atoms with van der Waals surface area (Å²) >= 11 is 1.55. The van der Waals surface area contributed by atoms with E-state index in [1.807, 2.05) is 27.3 Å². The molecule has 9 nitrogen and oxygen atoms in total. The first kappa shape index (κ1) is 20.7. The molecular formula is C18H27N5O4S. The second-order valence-electron chi connectivity index (χ2n) is 6.86. The van der Waals surface area contributed by atoms with Gasteiger partial charge < -0.3 is 15.0 Å². The minimum atomic E-state index is -0.488. The van der Waals surface area contributed by atoms with Crippen LogP contribution in [-0.4, -0.2) is 98.1 Å². The van der Waals surface area contributed by atoms with Gasteiger partial charge in [0, 0.05) is 44.1 Å². The second kappa shape index (κ2) is 10.5. The summed E-state index contributed by atoms with van der Waals surface area (Å²) in [6, 6.07) is 3.35. The van der Waals surface area contributed by atoms with E-state index in [-0.39, 0.29) is 18.4 Å². The summed E-state index contributed by atoms with van der Waals surface area (Å²) in [6.07, 6.45) is 0. The van der Waals surface area contributed by atoms with E-state index in [2.05, 4.69) is 15.5 Å². The van der Waals surface area contributed by atoms with Gasteiger partial charge in [-0.2, -0.15) is 0 Å². The predicted molar refractivity (Wildman–Crippen MR) is 105 cm³/mol. The second-order valence-corrected chi connectivity index (χ2v) is 7.89. The maximum absolute atomic E-state index is 12.4. The Morgan fingerprint density at radius 2 is 1.71 bits per heavy atom. The molecule has 0 aromatic carbocycles. The number of imide groups is 1. The summed E-state index contributed by atoms with van der Waals surface area (Å²) in [5.74, 6) is -0.212. The number of thiophene rings is 1. The summed E-state index contributed by atoms with van der Waals surface area (Å²) in [7, 11) is 0. The third-order valence-corrected chi connectivity index (χ3v) is 5.69. The molecule has 2 saturated heterocycles. The van der Waals surface area contributed by atoms with Gasteiger partial charge in [-0.05, 0) is 11.4 Å². The minimum Gasteiger partial charge on any atom is -0.379 e. The van der Waals surface area contributed by atoms with Crippen molar-refractivity contribution in [3.8, 4) is 0 Å². The van der Waals surface area contributed by atoms with Crippen LogP contribution in [0.5, 0.6) is 0 Å². The molecule has 2 N–H and O–H groups in total. The van der Waals surface area contributed by atoms with Gasteiger partial charge in [0.05, 0.1) is 32.8 Å². The molecule has 2 aliphatic rings. The van der Waals surface area contributed by atoms with Crippen molar-refractivity contribution in [2.75, 3.05) is 65.6 Å². The van der Waals surface area contributed by atoms with E-state index in [0.717, 1.165) is 18.0 Å². The lowest BCUT2D eigenvalue weighted by Crippen LogP contribution is -2.54. The number of carbonyl (C=O) groups excluding carboxylic acids is 3. The average Bonchev–Trinajstić information content (AvgIpc) is 3.21. The molecule has 4 amide bonds. The highest BCUT2D eigenvalue weighted by Gasteiger charge is 2.24.